The summed E-state index contributed by atoms with van der Waals surface area (Å²) in [4.78, 5) is 0. The van der Waals surface area contributed by atoms with Crippen molar-refractivity contribution in [1.82, 2.24) is 0 Å². The van der Waals surface area contributed by atoms with Crippen LogP contribution in [0, 0.1) is 5.54 Å². The van der Waals surface area contributed by atoms with Crippen LogP contribution >= 0.6 is 0 Å². The molecule has 0 fully saturated rings. The standard InChI is InChI=1S/C9H19OSi/c1-6-7-9(8-10-2)11(3,4)5/h6H,1,7-8H2,2-5H3. The SMILES string of the molecule is C=CC[C](COC)[Si](C)(C)C. The van der Waals surface area contributed by atoms with Crippen LogP contribution in [0.2, 0.25) is 19.6 Å². The summed E-state index contributed by atoms with van der Waals surface area (Å²) in [5.41, 5.74) is 1.54. The van der Waals surface area contributed by atoms with Gasteiger partial charge in [-0.1, -0.05) is 25.7 Å². The Bertz CT molecular complexity index is 115. The molecule has 0 aromatic carbocycles. The van der Waals surface area contributed by atoms with Gasteiger partial charge < -0.3 is 4.74 Å². The first-order valence-corrected chi connectivity index (χ1v) is 7.47. The largest absolute Gasteiger partial charge is 0.384 e. The molecule has 0 aromatic rings. The molecule has 0 spiro atoms. The summed E-state index contributed by atoms with van der Waals surface area (Å²) in [6, 6.07) is 0. The van der Waals surface area contributed by atoms with Crippen LogP contribution in [0.15, 0.2) is 12.7 Å². The summed E-state index contributed by atoms with van der Waals surface area (Å²) in [6.07, 6.45) is 2.98. The molecule has 0 aromatic heterocycles. The summed E-state index contributed by atoms with van der Waals surface area (Å²) in [5, 5.41) is 0. The zero-order chi connectivity index (χ0) is 8.91. The third-order valence-electron chi connectivity index (χ3n) is 1.77. The number of rotatable bonds is 5. The van der Waals surface area contributed by atoms with E-state index in [0.29, 0.717) is 0 Å². The predicted molar refractivity (Wildman–Crippen MR) is 53.3 cm³/mol. The van der Waals surface area contributed by atoms with Gasteiger partial charge in [-0.15, -0.1) is 6.58 Å². The molecular formula is C9H19OSi. The fourth-order valence-electron chi connectivity index (χ4n) is 0.930. The number of hydrogen-bond donors (Lipinski definition) is 0. The normalized spacial score (nSPS) is 12.1. The van der Waals surface area contributed by atoms with Crippen LogP contribution in [0.1, 0.15) is 6.42 Å². The predicted octanol–water partition coefficient (Wildman–Crippen LogP) is 2.66. The van der Waals surface area contributed by atoms with E-state index in [9.17, 15) is 0 Å². The molecule has 0 saturated carbocycles. The van der Waals surface area contributed by atoms with Gasteiger partial charge in [0.1, 0.15) is 0 Å². The second-order valence-electron chi connectivity index (χ2n) is 3.78. The average molecular weight is 171 g/mol. The summed E-state index contributed by atoms with van der Waals surface area (Å²) < 4.78 is 5.13. The molecule has 1 radical (unpaired) electrons. The molecule has 0 atom stereocenters. The van der Waals surface area contributed by atoms with Crippen molar-refractivity contribution in [2.24, 2.45) is 0 Å². The molecule has 0 heterocycles. The number of hydrogen-bond acceptors (Lipinski definition) is 1. The van der Waals surface area contributed by atoms with Crippen LogP contribution < -0.4 is 0 Å². The van der Waals surface area contributed by atoms with Crippen molar-refractivity contribution in [1.29, 1.82) is 0 Å². The minimum absolute atomic E-state index is 0.807. The Morgan fingerprint density at radius 1 is 1.45 bits per heavy atom. The minimum Gasteiger partial charge on any atom is -0.384 e. The minimum atomic E-state index is -1.11. The molecule has 1 nitrogen and oxygen atoms in total. The van der Waals surface area contributed by atoms with Crippen molar-refractivity contribution in [3.05, 3.63) is 18.2 Å². The lowest BCUT2D eigenvalue weighted by molar-refractivity contribution is 0.215. The van der Waals surface area contributed by atoms with Crippen molar-refractivity contribution in [3.63, 3.8) is 0 Å². The zero-order valence-electron chi connectivity index (χ0n) is 8.11. The molecule has 65 valence electrons. The van der Waals surface area contributed by atoms with Crippen LogP contribution in [-0.2, 0) is 4.74 Å². The van der Waals surface area contributed by atoms with Gasteiger partial charge in [0.15, 0.2) is 0 Å². The highest BCUT2D eigenvalue weighted by atomic mass is 28.3. The molecule has 2 heteroatoms. The van der Waals surface area contributed by atoms with Gasteiger partial charge in [-0.05, 0) is 12.0 Å². The van der Waals surface area contributed by atoms with Crippen molar-refractivity contribution in [2.45, 2.75) is 26.1 Å². The molecule has 0 saturated heterocycles. The van der Waals surface area contributed by atoms with Gasteiger partial charge in [0.2, 0.25) is 0 Å². The van der Waals surface area contributed by atoms with Crippen LogP contribution in [0.4, 0.5) is 0 Å². The van der Waals surface area contributed by atoms with Crippen LogP contribution in [0.5, 0.6) is 0 Å². The Morgan fingerprint density at radius 3 is 2.27 bits per heavy atom. The lowest BCUT2D eigenvalue weighted by atomic mass is 10.3. The maximum Gasteiger partial charge on any atom is 0.0543 e. The smallest absolute Gasteiger partial charge is 0.0543 e. The molecule has 0 amide bonds. The molecule has 0 N–H and O–H groups in total. The summed E-state index contributed by atoms with van der Waals surface area (Å²) in [5.74, 6) is 0. The zero-order valence-corrected chi connectivity index (χ0v) is 9.11. The van der Waals surface area contributed by atoms with E-state index in [0.717, 1.165) is 13.0 Å². The van der Waals surface area contributed by atoms with Gasteiger partial charge in [0.25, 0.3) is 0 Å². The van der Waals surface area contributed by atoms with Crippen LogP contribution in [0.3, 0.4) is 0 Å². The van der Waals surface area contributed by atoms with Crippen LogP contribution in [-0.4, -0.2) is 21.8 Å². The molecule has 0 aliphatic heterocycles. The van der Waals surface area contributed by atoms with E-state index in [1.165, 1.54) is 5.54 Å². The fourth-order valence-corrected chi connectivity index (χ4v) is 2.26. The Balaban J connectivity index is 3.97. The van der Waals surface area contributed by atoms with Crippen molar-refractivity contribution >= 4 is 8.07 Å². The van der Waals surface area contributed by atoms with E-state index < -0.39 is 8.07 Å². The van der Waals surface area contributed by atoms with E-state index in [4.69, 9.17) is 4.74 Å². The van der Waals surface area contributed by atoms with E-state index in [1.54, 1.807) is 7.11 Å². The fraction of sp³-hybridized carbons (Fsp3) is 0.667. The Hall–Kier alpha value is -0.0831. The van der Waals surface area contributed by atoms with Gasteiger partial charge in [-0.25, -0.2) is 0 Å². The maximum absolute atomic E-state index is 5.13. The van der Waals surface area contributed by atoms with E-state index in [2.05, 4.69) is 26.2 Å². The third kappa shape index (κ3) is 4.38. The highest BCUT2D eigenvalue weighted by molar-refractivity contribution is 6.81. The summed E-state index contributed by atoms with van der Waals surface area (Å²) >= 11 is 0. The topological polar surface area (TPSA) is 9.23 Å². The number of allylic oxidation sites excluding steroid dienone is 1. The molecule has 11 heavy (non-hydrogen) atoms. The Kier molecular flexibility index (Phi) is 4.69. The Morgan fingerprint density at radius 2 is 2.00 bits per heavy atom. The lowest BCUT2D eigenvalue weighted by Gasteiger charge is -2.26. The molecule has 0 aliphatic carbocycles. The highest BCUT2D eigenvalue weighted by Gasteiger charge is 2.25. The Labute approximate surface area is 71.5 Å². The van der Waals surface area contributed by atoms with E-state index in [-0.39, 0.29) is 0 Å². The van der Waals surface area contributed by atoms with Gasteiger partial charge in [0, 0.05) is 7.11 Å². The molecule has 0 aliphatic rings. The van der Waals surface area contributed by atoms with Gasteiger partial charge in [-0.3, -0.25) is 0 Å². The second-order valence-corrected chi connectivity index (χ2v) is 8.99. The third-order valence-corrected chi connectivity index (χ3v) is 4.24. The first kappa shape index (κ1) is 10.9. The lowest BCUT2D eigenvalue weighted by Crippen LogP contribution is -2.33. The first-order chi connectivity index (χ1) is 5.02. The highest BCUT2D eigenvalue weighted by Crippen LogP contribution is 2.21. The average Bonchev–Trinajstić information content (AvgIpc) is 1.85. The number of methoxy groups -OCH3 is 1. The van der Waals surface area contributed by atoms with Crippen molar-refractivity contribution in [3.8, 4) is 0 Å². The maximum atomic E-state index is 5.13. The van der Waals surface area contributed by atoms with Gasteiger partial charge in [-0.2, -0.15) is 0 Å². The molecule has 0 rings (SSSR count). The van der Waals surface area contributed by atoms with E-state index >= 15 is 0 Å². The summed E-state index contributed by atoms with van der Waals surface area (Å²) in [6.45, 7) is 11.6. The van der Waals surface area contributed by atoms with Gasteiger partial charge >= 0.3 is 0 Å². The first-order valence-electron chi connectivity index (χ1n) is 3.97. The second kappa shape index (κ2) is 4.73. The molecule has 0 unspecified atom stereocenters. The van der Waals surface area contributed by atoms with E-state index in [1.807, 2.05) is 6.08 Å². The molecule has 0 bridgehead atoms. The monoisotopic (exact) mass is 171 g/mol. The van der Waals surface area contributed by atoms with Crippen molar-refractivity contribution < 1.29 is 4.74 Å². The van der Waals surface area contributed by atoms with Gasteiger partial charge in [0.05, 0.1) is 14.7 Å². The number of ether oxygens (including phenoxy) is 1. The summed E-state index contributed by atoms with van der Waals surface area (Å²) in [7, 11) is 0.645. The van der Waals surface area contributed by atoms with Crippen LogP contribution in [0.25, 0.3) is 0 Å². The van der Waals surface area contributed by atoms with Crippen molar-refractivity contribution in [2.75, 3.05) is 13.7 Å². The molecular weight excluding hydrogens is 152 g/mol. The quantitative estimate of drug-likeness (QED) is 0.456.